The maximum absolute atomic E-state index is 9.54. The van der Waals surface area contributed by atoms with E-state index in [1.807, 2.05) is 26.0 Å². The van der Waals surface area contributed by atoms with Crippen LogP contribution in [-0.4, -0.2) is 18.2 Å². The third kappa shape index (κ3) is 1.47. The van der Waals surface area contributed by atoms with Crippen LogP contribution >= 0.6 is 0 Å². The van der Waals surface area contributed by atoms with Crippen molar-refractivity contribution in [3.63, 3.8) is 0 Å². The highest BCUT2D eigenvalue weighted by atomic mass is 16.5. The predicted octanol–water partition coefficient (Wildman–Crippen LogP) is 3.29. The lowest BCUT2D eigenvalue weighted by atomic mass is 9.60. The summed E-state index contributed by atoms with van der Waals surface area (Å²) in [5, 5.41) is 10.8. The summed E-state index contributed by atoms with van der Waals surface area (Å²) in [6, 6.07) is 10.8. The number of H-pyrrole nitrogens is 1. The minimum Gasteiger partial charge on any atom is -0.379 e. The summed E-state index contributed by atoms with van der Waals surface area (Å²) >= 11 is 0. The molecule has 98 valence electrons. The molecule has 1 aromatic heterocycles. The van der Waals surface area contributed by atoms with Crippen LogP contribution in [0, 0.1) is 23.7 Å². The molecule has 1 fully saturated rings. The summed E-state index contributed by atoms with van der Waals surface area (Å²) in [7, 11) is 0. The zero-order chi connectivity index (χ0) is 13.7. The largest absolute Gasteiger partial charge is 0.379 e. The number of para-hydroxylation sites is 1. The Kier molecular flexibility index (Phi) is 2.48. The Morgan fingerprint density at radius 3 is 2.58 bits per heavy atom. The first-order chi connectivity index (χ1) is 9.02. The number of benzene rings is 1. The number of nitriles is 1. The standard InChI is InChI=1S/C16H18N2O/c1-11-14(12-6-4-5-7-13(12)18-11)16(9-19-10-16)15(2,3)8-17/h4-7,18H,9-10H2,1-3H3. The van der Waals surface area contributed by atoms with Crippen molar-refractivity contribution in [2.75, 3.05) is 13.2 Å². The van der Waals surface area contributed by atoms with Gasteiger partial charge in [-0.2, -0.15) is 5.26 Å². The Morgan fingerprint density at radius 2 is 2.00 bits per heavy atom. The Hall–Kier alpha value is -1.79. The lowest BCUT2D eigenvalue weighted by molar-refractivity contribution is -0.102. The fourth-order valence-corrected chi connectivity index (χ4v) is 3.12. The molecule has 0 saturated carbocycles. The van der Waals surface area contributed by atoms with E-state index in [9.17, 15) is 5.26 Å². The van der Waals surface area contributed by atoms with Gasteiger partial charge in [0, 0.05) is 16.6 Å². The van der Waals surface area contributed by atoms with Crippen LogP contribution < -0.4 is 0 Å². The van der Waals surface area contributed by atoms with Gasteiger partial charge in [0.05, 0.1) is 30.1 Å². The highest BCUT2D eigenvalue weighted by Crippen LogP contribution is 2.50. The van der Waals surface area contributed by atoms with Crippen LogP contribution in [0.5, 0.6) is 0 Å². The molecule has 3 nitrogen and oxygen atoms in total. The smallest absolute Gasteiger partial charge is 0.0695 e. The minimum absolute atomic E-state index is 0.203. The molecule has 3 heteroatoms. The molecule has 0 spiro atoms. The van der Waals surface area contributed by atoms with Gasteiger partial charge < -0.3 is 9.72 Å². The van der Waals surface area contributed by atoms with Gasteiger partial charge >= 0.3 is 0 Å². The maximum atomic E-state index is 9.54. The maximum Gasteiger partial charge on any atom is 0.0695 e. The highest BCUT2D eigenvalue weighted by Gasteiger charge is 2.54. The Morgan fingerprint density at radius 1 is 1.32 bits per heavy atom. The van der Waals surface area contributed by atoms with Crippen LogP contribution in [-0.2, 0) is 10.2 Å². The van der Waals surface area contributed by atoms with Gasteiger partial charge in [-0.3, -0.25) is 0 Å². The van der Waals surface area contributed by atoms with Gasteiger partial charge in [0.2, 0.25) is 0 Å². The van der Waals surface area contributed by atoms with Gasteiger partial charge in [0.15, 0.2) is 0 Å². The van der Waals surface area contributed by atoms with E-state index >= 15 is 0 Å². The first-order valence-corrected chi connectivity index (χ1v) is 6.59. The van der Waals surface area contributed by atoms with E-state index in [4.69, 9.17) is 4.74 Å². The van der Waals surface area contributed by atoms with E-state index in [2.05, 4.69) is 30.1 Å². The molecule has 0 unspecified atom stereocenters. The molecule has 1 aliphatic heterocycles. The van der Waals surface area contributed by atoms with Crippen molar-refractivity contribution in [2.24, 2.45) is 5.41 Å². The second kappa shape index (κ2) is 3.85. The van der Waals surface area contributed by atoms with Gasteiger partial charge in [-0.05, 0) is 32.4 Å². The molecule has 0 aliphatic carbocycles. The third-order valence-electron chi connectivity index (χ3n) is 4.54. The lowest BCUT2D eigenvalue weighted by Gasteiger charge is -2.49. The normalized spacial score (nSPS) is 18.0. The van der Waals surface area contributed by atoms with E-state index in [1.54, 1.807) is 0 Å². The average molecular weight is 254 g/mol. The number of hydrogen-bond donors (Lipinski definition) is 1. The molecule has 3 rings (SSSR count). The predicted molar refractivity (Wildman–Crippen MR) is 74.9 cm³/mol. The van der Waals surface area contributed by atoms with Crippen molar-refractivity contribution in [2.45, 2.75) is 26.2 Å². The molecule has 2 aromatic rings. The number of aromatic nitrogens is 1. The Bertz CT molecular complexity index is 672. The zero-order valence-electron chi connectivity index (χ0n) is 11.6. The highest BCUT2D eigenvalue weighted by molar-refractivity contribution is 5.86. The fraction of sp³-hybridized carbons (Fsp3) is 0.438. The van der Waals surface area contributed by atoms with Gasteiger partial charge in [-0.1, -0.05) is 18.2 Å². The summed E-state index contributed by atoms with van der Waals surface area (Å²) in [6.45, 7) is 7.35. The lowest BCUT2D eigenvalue weighted by Crippen LogP contribution is -2.56. The molecule has 0 atom stereocenters. The quantitative estimate of drug-likeness (QED) is 0.894. The molecule has 1 aliphatic rings. The van der Waals surface area contributed by atoms with E-state index in [-0.39, 0.29) is 5.41 Å². The average Bonchev–Trinajstić information content (AvgIpc) is 2.65. The zero-order valence-corrected chi connectivity index (χ0v) is 11.6. The van der Waals surface area contributed by atoms with E-state index in [0.717, 1.165) is 11.2 Å². The number of nitrogens with one attached hydrogen (secondary N) is 1. The monoisotopic (exact) mass is 254 g/mol. The first kappa shape index (κ1) is 12.3. The molecule has 19 heavy (non-hydrogen) atoms. The van der Waals surface area contributed by atoms with Crippen molar-refractivity contribution in [3.05, 3.63) is 35.5 Å². The van der Waals surface area contributed by atoms with Crippen LogP contribution in [0.1, 0.15) is 25.1 Å². The van der Waals surface area contributed by atoms with E-state index in [1.165, 1.54) is 10.9 Å². The summed E-state index contributed by atoms with van der Waals surface area (Å²) < 4.78 is 5.49. The number of nitrogens with zero attached hydrogens (tertiary/aromatic N) is 1. The van der Waals surface area contributed by atoms with Gasteiger partial charge in [-0.15, -0.1) is 0 Å². The second-order valence-corrected chi connectivity index (χ2v) is 5.98. The van der Waals surface area contributed by atoms with Crippen LogP contribution in [0.3, 0.4) is 0 Å². The molecule has 2 heterocycles. The molecule has 1 N–H and O–H groups in total. The molecule has 0 radical (unpaired) electrons. The van der Waals surface area contributed by atoms with E-state index in [0.29, 0.717) is 13.2 Å². The van der Waals surface area contributed by atoms with Gasteiger partial charge in [0.25, 0.3) is 0 Å². The fourth-order valence-electron chi connectivity index (χ4n) is 3.12. The van der Waals surface area contributed by atoms with Gasteiger partial charge in [-0.25, -0.2) is 0 Å². The summed E-state index contributed by atoms with van der Waals surface area (Å²) in [6.07, 6.45) is 0. The summed E-state index contributed by atoms with van der Waals surface area (Å²) in [5.41, 5.74) is 2.88. The Balaban J connectivity index is 2.29. The van der Waals surface area contributed by atoms with Crippen LogP contribution in [0.25, 0.3) is 10.9 Å². The number of aryl methyl sites for hydroxylation is 1. The minimum atomic E-state index is -0.443. The number of rotatable bonds is 2. The van der Waals surface area contributed by atoms with Crippen LogP contribution in [0.2, 0.25) is 0 Å². The number of hydrogen-bond acceptors (Lipinski definition) is 2. The molecular weight excluding hydrogens is 236 g/mol. The van der Waals surface area contributed by atoms with Crippen molar-refractivity contribution < 1.29 is 4.74 Å². The molecular formula is C16H18N2O. The molecule has 1 saturated heterocycles. The summed E-state index contributed by atoms with van der Waals surface area (Å²) in [4.78, 5) is 3.43. The van der Waals surface area contributed by atoms with Crippen LogP contribution in [0.4, 0.5) is 0 Å². The Labute approximate surface area is 113 Å². The van der Waals surface area contributed by atoms with Crippen molar-refractivity contribution >= 4 is 10.9 Å². The van der Waals surface area contributed by atoms with Crippen LogP contribution in [0.15, 0.2) is 24.3 Å². The number of ether oxygens (including phenoxy) is 1. The van der Waals surface area contributed by atoms with Crippen molar-refractivity contribution in [1.29, 1.82) is 5.26 Å². The number of aromatic amines is 1. The summed E-state index contributed by atoms with van der Waals surface area (Å²) in [5.74, 6) is 0. The second-order valence-electron chi connectivity index (χ2n) is 5.98. The first-order valence-electron chi connectivity index (χ1n) is 6.59. The topological polar surface area (TPSA) is 48.8 Å². The molecule has 1 aromatic carbocycles. The third-order valence-corrected chi connectivity index (χ3v) is 4.54. The van der Waals surface area contributed by atoms with Crippen molar-refractivity contribution in [3.8, 4) is 6.07 Å². The molecule has 0 amide bonds. The van der Waals surface area contributed by atoms with Gasteiger partial charge in [0.1, 0.15) is 0 Å². The van der Waals surface area contributed by atoms with E-state index < -0.39 is 5.41 Å². The molecule has 0 bridgehead atoms. The van der Waals surface area contributed by atoms with Crippen molar-refractivity contribution in [1.82, 2.24) is 4.98 Å². The SMILES string of the molecule is Cc1[nH]c2ccccc2c1C1(C(C)(C)C#N)COC1. The number of fused-ring (bicyclic) bond motifs is 1.